The van der Waals surface area contributed by atoms with Crippen molar-refractivity contribution in [2.75, 3.05) is 19.8 Å². The van der Waals surface area contributed by atoms with E-state index < -0.39 is 13.2 Å². The first-order valence-electron chi connectivity index (χ1n) is 9.43. The van der Waals surface area contributed by atoms with E-state index in [2.05, 4.69) is 0 Å². The highest BCUT2D eigenvalue weighted by Crippen LogP contribution is 2.68. The largest absolute Gasteiger partial charge is 0.365 e. The number of carbonyl (C=O) groups excluding carboxylic acids is 1. The van der Waals surface area contributed by atoms with Gasteiger partial charge in [-0.05, 0) is 43.7 Å². The van der Waals surface area contributed by atoms with E-state index in [0.717, 1.165) is 24.0 Å². The van der Waals surface area contributed by atoms with Gasteiger partial charge in [-0.2, -0.15) is 0 Å². The van der Waals surface area contributed by atoms with E-state index >= 15 is 0 Å². The number of rotatable bonds is 7. The van der Waals surface area contributed by atoms with Gasteiger partial charge in [-0.25, -0.2) is 0 Å². The maximum Gasteiger partial charge on any atom is 0.364 e. The molecule has 2 aliphatic carbocycles. The third-order valence-corrected chi connectivity index (χ3v) is 7.73. The highest BCUT2D eigenvalue weighted by molar-refractivity contribution is 7.60. The Hall–Kier alpha value is -1.26. The van der Waals surface area contributed by atoms with E-state index in [1.54, 1.807) is 13.8 Å². The van der Waals surface area contributed by atoms with Crippen LogP contribution in [0.4, 0.5) is 0 Å². The Bertz CT molecular complexity index is 773. The van der Waals surface area contributed by atoms with E-state index in [0.29, 0.717) is 18.9 Å². The van der Waals surface area contributed by atoms with Crippen LogP contribution in [0.5, 0.6) is 0 Å². The van der Waals surface area contributed by atoms with Crippen LogP contribution in [-0.2, 0) is 28.7 Å². The number of benzene rings is 1. The van der Waals surface area contributed by atoms with Gasteiger partial charge in [0, 0.05) is 12.3 Å². The highest BCUT2D eigenvalue weighted by Gasteiger charge is 2.61. The molecule has 0 unspecified atom stereocenters. The van der Waals surface area contributed by atoms with Gasteiger partial charge in [0.2, 0.25) is 0 Å². The Kier molecular flexibility index (Phi) is 4.68. The van der Waals surface area contributed by atoms with Crippen LogP contribution < -0.4 is 0 Å². The van der Waals surface area contributed by atoms with Gasteiger partial charge in [0.1, 0.15) is 10.9 Å². The van der Waals surface area contributed by atoms with E-state index in [1.165, 1.54) is 0 Å². The zero-order chi connectivity index (χ0) is 18.4. The van der Waals surface area contributed by atoms with E-state index in [1.807, 2.05) is 30.3 Å². The first kappa shape index (κ1) is 18.1. The summed E-state index contributed by atoms with van der Waals surface area (Å²) in [4.78, 5) is 12.9. The lowest BCUT2D eigenvalue weighted by Gasteiger charge is -2.33. The maximum atomic E-state index is 13.6. The minimum Gasteiger partial charge on any atom is -0.365 e. The SMILES string of the molecule is CCOP(=O)(OCC)C1=C2[C@@H](CO[C@]2(c2ccccc2)C2CC2)CC1=O. The molecule has 0 spiro atoms. The van der Waals surface area contributed by atoms with Crippen molar-refractivity contribution in [3.8, 4) is 0 Å². The Balaban J connectivity index is 1.93. The van der Waals surface area contributed by atoms with Crippen molar-refractivity contribution >= 4 is 13.4 Å². The molecule has 1 aliphatic heterocycles. The van der Waals surface area contributed by atoms with Gasteiger partial charge in [-0.15, -0.1) is 0 Å². The second-order valence-electron chi connectivity index (χ2n) is 7.11. The summed E-state index contributed by atoms with van der Waals surface area (Å²) in [7, 11) is -3.66. The summed E-state index contributed by atoms with van der Waals surface area (Å²) in [5, 5.41) is 0.263. The number of hydrogen-bond acceptors (Lipinski definition) is 5. The van der Waals surface area contributed by atoms with E-state index in [4.69, 9.17) is 13.8 Å². The molecule has 0 aromatic heterocycles. The van der Waals surface area contributed by atoms with Gasteiger partial charge in [0.25, 0.3) is 0 Å². The maximum absolute atomic E-state index is 13.6. The normalized spacial score (nSPS) is 28.7. The molecule has 1 heterocycles. The molecule has 0 N–H and O–H groups in total. The van der Waals surface area contributed by atoms with Crippen molar-refractivity contribution < 1.29 is 23.1 Å². The van der Waals surface area contributed by atoms with Crippen LogP contribution in [-0.4, -0.2) is 25.6 Å². The van der Waals surface area contributed by atoms with Gasteiger partial charge >= 0.3 is 7.60 Å². The fourth-order valence-electron chi connectivity index (χ4n) is 4.49. The minimum atomic E-state index is -3.66. The summed E-state index contributed by atoms with van der Waals surface area (Å²) in [5.74, 6) is 0.162. The number of allylic oxidation sites excluding steroid dienone is 1. The van der Waals surface area contributed by atoms with Crippen molar-refractivity contribution in [1.29, 1.82) is 0 Å². The summed E-state index contributed by atoms with van der Waals surface area (Å²) < 4.78 is 31.1. The fraction of sp³-hybridized carbons (Fsp3) is 0.550. The summed E-state index contributed by atoms with van der Waals surface area (Å²) in [6, 6.07) is 10.0. The van der Waals surface area contributed by atoms with Crippen LogP contribution in [0.1, 0.15) is 38.7 Å². The summed E-state index contributed by atoms with van der Waals surface area (Å²) in [6.45, 7) is 4.48. The lowest BCUT2D eigenvalue weighted by Crippen LogP contribution is -2.31. The van der Waals surface area contributed by atoms with Crippen LogP contribution >= 0.6 is 7.60 Å². The number of ether oxygens (including phenoxy) is 1. The van der Waals surface area contributed by atoms with E-state index in [-0.39, 0.29) is 30.2 Å². The topological polar surface area (TPSA) is 61.8 Å². The molecular weight excluding hydrogens is 351 g/mol. The average Bonchev–Trinajstić information content (AvgIpc) is 3.33. The molecule has 0 radical (unpaired) electrons. The second-order valence-corrected chi connectivity index (χ2v) is 9.07. The predicted octanol–water partition coefficient (Wildman–Crippen LogP) is 4.43. The van der Waals surface area contributed by atoms with Crippen LogP contribution in [0.2, 0.25) is 0 Å². The standard InChI is InChI=1S/C20H25O5P/c1-3-24-26(22,25-4-2)19-17(21)12-14-13-23-20(18(14)19,16-10-11-16)15-8-6-5-7-9-15/h5-9,14,16H,3-4,10-13H2,1-2H3/t14-,20-/m1/s1. The lowest BCUT2D eigenvalue weighted by molar-refractivity contribution is -0.115. The van der Waals surface area contributed by atoms with Gasteiger partial charge in [-0.1, -0.05) is 30.3 Å². The number of ketones is 1. The fourth-order valence-corrected chi connectivity index (χ4v) is 6.54. The lowest BCUT2D eigenvalue weighted by atomic mass is 9.80. The number of fused-ring (bicyclic) bond motifs is 1. The molecule has 26 heavy (non-hydrogen) atoms. The summed E-state index contributed by atoms with van der Waals surface area (Å²) in [6.07, 6.45) is 2.41. The summed E-state index contributed by atoms with van der Waals surface area (Å²) >= 11 is 0. The first-order chi connectivity index (χ1) is 12.6. The van der Waals surface area contributed by atoms with Gasteiger partial charge < -0.3 is 13.8 Å². The Morgan fingerprint density at radius 3 is 2.38 bits per heavy atom. The van der Waals surface area contributed by atoms with Crippen LogP contribution in [0.25, 0.3) is 0 Å². The molecule has 1 saturated heterocycles. The van der Waals surface area contributed by atoms with Crippen molar-refractivity contribution in [3.63, 3.8) is 0 Å². The zero-order valence-corrected chi connectivity index (χ0v) is 16.2. The van der Waals surface area contributed by atoms with Crippen molar-refractivity contribution in [1.82, 2.24) is 0 Å². The molecule has 2 atom stereocenters. The Morgan fingerprint density at radius 1 is 1.15 bits per heavy atom. The highest BCUT2D eigenvalue weighted by atomic mass is 31.2. The monoisotopic (exact) mass is 376 g/mol. The smallest absolute Gasteiger partial charge is 0.364 e. The molecule has 1 aromatic rings. The second kappa shape index (κ2) is 6.72. The minimum absolute atomic E-state index is 0.0347. The molecule has 6 heteroatoms. The molecule has 1 saturated carbocycles. The quantitative estimate of drug-likeness (QED) is 0.659. The molecule has 140 valence electrons. The zero-order valence-electron chi connectivity index (χ0n) is 15.3. The molecule has 1 aromatic carbocycles. The molecule has 5 nitrogen and oxygen atoms in total. The predicted molar refractivity (Wildman–Crippen MR) is 97.8 cm³/mol. The third-order valence-electron chi connectivity index (χ3n) is 5.50. The van der Waals surface area contributed by atoms with Crippen molar-refractivity contribution in [2.24, 2.45) is 11.8 Å². The Labute approximate surface area is 154 Å². The molecule has 3 aliphatic rings. The number of hydrogen-bond donors (Lipinski definition) is 0. The first-order valence-corrected chi connectivity index (χ1v) is 11.0. The summed E-state index contributed by atoms with van der Waals surface area (Å²) in [5.41, 5.74) is 1.23. The molecule has 0 bridgehead atoms. The Morgan fingerprint density at radius 2 is 1.81 bits per heavy atom. The van der Waals surface area contributed by atoms with Crippen LogP contribution in [0.3, 0.4) is 0 Å². The van der Waals surface area contributed by atoms with Crippen LogP contribution in [0, 0.1) is 11.8 Å². The molecule has 2 fully saturated rings. The third kappa shape index (κ3) is 2.65. The van der Waals surface area contributed by atoms with Gasteiger partial charge in [0.05, 0.1) is 19.8 Å². The van der Waals surface area contributed by atoms with Gasteiger partial charge in [-0.3, -0.25) is 9.36 Å². The average molecular weight is 376 g/mol. The number of Topliss-reactive ketones (excluding diaryl/α,β-unsaturated/α-hetero) is 1. The molecule has 0 amide bonds. The molecule has 4 rings (SSSR count). The number of carbonyl (C=O) groups is 1. The van der Waals surface area contributed by atoms with Crippen LogP contribution in [0.15, 0.2) is 41.2 Å². The molecular formula is C20H25O5P. The van der Waals surface area contributed by atoms with Gasteiger partial charge in [0.15, 0.2) is 5.78 Å². The van der Waals surface area contributed by atoms with Crippen molar-refractivity contribution in [3.05, 3.63) is 46.8 Å². The van der Waals surface area contributed by atoms with Crippen molar-refractivity contribution in [2.45, 2.75) is 38.7 Å². The van der Waals surface area contributed by atoms with E-state index in [9.17, 15) is 9.36 Å².